The fourth-order valence-electron chi connectivity index (χ4n) is 4.92. The predicted octanol–water partition coefficient (Wildman–Crippen LogP) is 3.90. The SMILES string of the molecule is CCNC(=NCc1ccccc1CN(C)C1CCCCC1)N1CCC(COCCOC)C1. The molecule has 0 radical (unpaired) electrons. The Kier molecular flexibility index (Phi) is 10.8. The van der Waals surface area contributed by atoms with Crippen LogP contribution in [-0.4, -0.2) is 75.4 Å². The third kappa shape index (κ3) is 7.75. The van der Waals surface area contributed by atoms with Crippen molar-refractivity contribution in [2.45, 2.75) is 64.6 Å². The number of benzene rings is 1. The lowest BCUT2D eigenvalue weighted by Crippen LogP contribution is -2.40. The lowest BCUT2D eigenvalue weighted by Gasteiger charge is -2.31. The van der Waals surface area contributed by atoms with E-state index < -0.39 is 0 Å². The molecule has 6 nitrogen and oxygen atoms in total. The first kappa shape index (κ1) is 25.0. The van der Waals surface area contributed by atoms with Crippen LogP contribution in [0.4, 0.5) is 0 Å². The van der Waals surface area contributed by atoms with Gasteiger partial charge in [-0.2, -0.15) is 0 Å². The molecule has 2 aliphatic rings. The second-order valence-electron chi connectivity index (χ2n) is 9.31. The number of hydrogen-bond acceptors (Lipinski definition) is 4. The molecular weight excluding hydrogens is 400 g/mol. The summed E-state index contributed by atoms with van der Waals surface area (Å²) in [5.74, 6) is 1.59. The normalized spacial score (nSPS) is 20.3. The molecular formula is C26H44N4O2. The second kappa shape index (κ2) is 13.8. The van der Waals surface area contributed by atoms with Crippen LogP contribution >= 0.6 is 0 Å². The van der Waals surface area contributed by atoms with Gasteiger partial charge in [0.25, 0.3) is 0 Å². The molecule has 1 atom stereocenters. The van der Waals surface area contributed by atoms with Gasteiger partial charge in [0.15, 0.2) is 5.96 Å². The summed E-state index contributed by atoms with van der Waals surface area (Å²) in [5.41, 5.74) is 2.75. The molecule has 1 heterocycles. The molecule has 0 aromatic heterocycles. The van der Waals surface area contributed by atoms with Crippen molar-refractivity contribution in [3.8, 4) is 0 Å². The number of hydrogen-bond donors (Lipinski definition) is 1. The second-order valence-corrected chi connectivity index (χ2v) is 9.31. The first-order valence-corrected chi connectivity index (χ1v) is 12.6. The maximum absolute atomic E-state index is 5.76. The molecule has 1 saturated heterocycles. The number of rotatable bonds is 11. The van der Waals surface area contributed by atoms with Crippen molar-refractivity contribution in [3.05, 3.63) is 35.4 Å². The van der Waals surface area contributed by atoms with Gasteiger partial charge in [-0.3, -0.25) is 4.90 Å². The number of nitrogens with one attached hydrogen (secondary N) is 1. The van der Waals surface area contributed by atoms with Gasteiger partial charge in [-0.15, -0.1) is 0 Å². The van der Waals surface area contributed by atoms with E-state index in [-0.39, 0.29) is 0 Å². The quantitative estimate of drug-likeness (QED) is 0.319. The van der Waals surface area contributed by atoms with Gasteiger partial charge in [0.2, 0.25) is 0 Å². The smallest absolute Gasteiger partial charge is 0.194 e. The van der Waals surface area contributed by atoms with Crippen molar-refractivity contribution < 1.29 is 9.47 Å². The highest BCUT2D eigenvalue weighted by Crippen LogP contribution is 2.24. The van der Waals surface area contributed by atoms with Crippen molar-refractivity contribution >= 4 is 5.96 Å². The topological polar surface area (TPSA) is 49.3 Å². The van der Waals surface area contributed by atoms with Crippen LogP contribution in [-0.2, 0) is 22.6 Å². The molecule has 32 heavy (non-hydrogen) atoms. The third-order valence-electron chi connectivity index (χ3n) is 6.84. The summed E-state index contributed by atoms with van der Waals surface area (Å²) >= 11 is 0. The molecule has 3 rings (SSSR count). The van der Waals surface area contributed by atoms with Gasteiger partial charge in [0.05, 0.1) is 26.4 Å². The minimum absolute atomic E-state index is 0.562. The highest BCUT2D eigenvalue weighted by molar-refractivity contribution is 5.80. The molecule has 2 fully saturated rings. The molecule has 1 unspecified atom stereocenters. The molecule has 1 N–H and O–H groups in total. The van der Waals surface area contributed by atoms with E-state index in [9.17, 15) is 0 Å². The Labute approximate surface area is 195 Å². The Morgan fingerprint density at radius 3 is 2.66 bits per heavy atom. The predicted molar refractivity (Wildman–Crippen MR) is 132 cm³/mol. The van der Waals surface area contributed by atoms with E-state index in [1.54, 1.807) is 7.11 Å². The largest absolute Gasteiger partial charge is 0.382 e. The highest BCUT2D eigenvalue weighted by atomic mass is 16.5. The molecule has 0 spiro atoms. The fraction of sp³-hybridized carbons (Fsp3) is 0.731. The summed E-state index contributed by atoms with van der Waals surface area (Å²) in [6.45, 7) is 8.94. The average molecular weight is 445 g/mol. The average Bonchev–Trinajstić information content (AvgIpc) is 3.30. The molecule has 1 aliphatic carbocycles. The lowest BCUT2D eigenvalue weighted by molar-refractivity contribution is 0.0536. The number of ether oxygens (including phenoxy) is 2. The highest BCUT2D eigenvalue weighted by Gasteiger charge is 2.25. The van der Waals surface area contributed by atoms with Crippen LogP contribution in [0.25, 0.3) is 0 Å². The van der Waals surface area contributed by atoms with Crippen molar-refractivity contribution in [1.29, 1.82) is 0 Å². The number of nitrogens with zero attached hydrogens (tertiary/aromatic N) is 3. The van der Waals surface area contributed by atoms with Gasteiger partial charge in [-0.05, 0) is 44.4 Å². The zero-order valence-corrected chi connectivity index (χ0v) is 20.5. The van der Waals surface area contributed by atoms with E-state index in [0.717, 1.165) is 57.8 Å². The number of guanidine groups is 1. The molecule has 1 saturated carbocycles. The van der Waals surface area contributed by atoms with Crippen LogP contribution < -0.4 is 5.32 Å². The summed E-state index contributed by atoms with van der Waals surface area (Å²) in [5, 5.41) is 3.51. The summed E-state index contributed by atoms with van der Waals surface area (Å²) in [6, 6.07) is 9.56. The maximum atomic E-state index is 5.76. The fourth-order valence-corrected chi connectivity index (χ4v) is 4.92. The maximum Gasteiger partial charge on any atom is 0.194 e. The van der Waals surface area contributed by atoms with Crippen molar-refractivity contribution in [2.75, 3.05) is 53.6 Å². The molecule has 1 aromatic carbocycles. The molecule has 180 valence electrons. The summed E-state index contributed by atoms with van der Waals surface area (Å²) in [7, 11) is 4.01. The van der Waals surface area contributed by atoms with Gasteiger partial charge in [-0.1, -0.05) is 43.5 Å². The zero-order valence-electron chi connectivity index (χ0n) is 20.5. The summed E-state index contributed by atoms with van der Waals surface area (Å²) in [4.78, 5) is 9.99. The van der Waals surface area contributed by atoms with Gasteiger partial charge >= 0.3 is 0 Å². The molecule has 0 bridgehead atoms. The van der Waals surface area contributed by atoms with Crippen molar-refractivity contribution in [2.24, 2.45) is 10.9 Å². The van der Waals surface area contributed by atoms with E-state index in [4.69, 9.17) is 14.5 Å². The minimum Gasteiger partial charge on any atom is -0.382 e. The van der Waals surface area contributed by atoms with E-state index in [0.29, 0.717) is 19.1 Å². The number of likely N-dealkylation sites (tertiary alicyclic amines) is 1. The first-order chi connectivity index (χ1) is 15.7. The van der Waals surface area contributed by atoms with Crippen molar-refractivity contribution in [1.82, 2.24) is 15.1 Å². The molecule has 6 heteroatoms. The Bertz CT molecular complexity index is 690. The van der Waals surface area contributed by atoms with Gasteiger partial charge in [0.1, 0.15) is 0 Å². The standard InChI is InChI=1S/C26H44N4O2/c1-4-27-26(30-15-14-22(19-30)21-32-17-16-31-3)28-18-23-10-8-9-11-24(23)20-29(2)25-12-6-5-7-13-25/h8-11,22,25H,4-7,12-21H2,1-3H3,(H,27,28). The third-order valence-corrected chi connectivity index (χ3v) is 6.84. The molecule has 1 aromatic rings. The van der Waals surface area contributed by atoms with Crippen LogP contribution in [0.5, 0.6) is 0 Å². The van der Waals surface area contributed by atoms with E-state index in [1.165, 1.54) is 43.2 Å². The molecule has 0 amide bonds. The van der Waals surface area contributed by atoms with Crippen LogP contribution in [0, 0.1) is 5.92 Å². The number of aliphatic imine (C=N–C) groups is 1. The van der Waals surface area contributed by atoms with Crippen molar-refractivity contribution in [3.63, 3.8) is 0 Å². The number of methoxy groups -OCH3 is 1. The minimum atomic E-state index is 0.562. The van der Waals surface area contributed by atoms with Crippen LogP contribution in [0.2, 0.25) is 0 Å². The Morgan fingerprint density at radius 1 is 1.12 bits per heavy atom. The van der Waals surface area contributed by atoms with Crippen LogP contribution in [0.3, 0.4) is 0 Å². The van der Waals surface area contributed by atoms with Crippen LogP contribution in [0.1, 0.15) is 56.6 Å². The monoisotopic (exact) mass is 444 g/mol. The Morgan fingerprint density at radius 2 is 1.91 bits per heavy atom. The van der Waals surface area contributed by atoms with Gasteiger partial charge in [-0.25, -0.2) is 4.99 Å². The zero-order chi connectivity index (χ0) is 22.6. The van der Waals surface area contributed by atoms with Gasteiger partial charge < -0.3 is 19.7 Å². The Balaban J connectivity index is 1.58. The lowest BCUT2D eigenvalue weighted by atomic mass is 9.94. The summed E-state index contributed by atoms with van der Waals surface area (Å²) < 4.78 is 10.8. The van der Waals surface area contributed by atoms with Crippen LogP contribution in [0.15, 0.2) is 29.3 Å². The van der Waals surface area contributed by atoms with E-state index >= 15 is 0 Å². The molecule has 1 aliphatic heterocycles. The summed E-state index contributed by atoms with van der Waals surface area (Å²) in [6.07, 6.45) is 7.99. The first-order valence-electron chi connectivity index (χ1n) is 12.6. The van der Waals surface area contributed by atoms with E-state index in [1.807, 2.05) is 0 Å². The van der Waals surface area contributed by atoms with E-state index in [2.05, 4.69) is 53.4 Å². The Hall–Kier alpha value is -1.63. The van der Waals surface area contributed by atoms with Gasteiger partial charge in [0, 0.05) is 45.2 Å².